The summed E-state index contributed by atoms with van der Waals surface area (Å²) in [5.74, 6) is -13.4. The van der Waals surface area contributed by atoms with E-state index >= 15 is 47.1 Å². The van der Waals surface area contributed by atoms with Gasteiger partial charge in [0.1, 0.15) is 71.1 Å². The monoisotopic (exact) mass is 1520 g/mol. The SMILES string of the molecule is CCC[C@H]1C(=O)N[C@@H]([C@@H](C)CC)C(=O)N(C)CC(=O)N(C)[C@H]2C/C=C\CCN(C2=O)[C@@H](Cc2ccc(C)cc2)C(=O)N(C)CC(=O)N[C@@H](CCc2cc(F)c(C(F)(F)F)c(F)c2)C(=O)N2C[C@H](OCC)C[C@H]2C(=O)N(C)C2(CCC2)C(=O)N(C)[C@@H](C2CCCC2)C(=O)N(C)[C@H](C(=O)N2CCCCC2)CC(=O)N1C. The number of likely N-dealkylation sites (N-methyl/N-ethyl adjacent to an activating group) is 7. The van der Waals surface area contributed by atoms with Crippen LogP contribution < -0.4 is 10.6 Å². The number of carbonyl (C=O) groups excluding carboxylic acids is 12. The van der Waals surface area contributed by atoms with Gasteiger partial charge in [0.25, 0.3) is 0 Å². The summed E-state index contributed by atoms with van der Waals surface area (Å²) >= 11 is 0. The molecule has 0 unspecified atom stereocenters. The molecule has 6 aliphatic rings. The van der Waals surface area contributed by atoms with Crippen molar-refractivity contribution in [3.8, 4) is 0 Å². The molecule has 108 heavy (non-hydrogen) atoms. The zero-order valence-electron chi connectivity index (χ0n) is 64.7. The van der Waals surface area contributed by atoms with Gasteiger partial charge in [0.15, 0.2) is 0 Å². The van der Waals surface area contributed by atoms with Crippen LogP contribution in [0.3, 0.4) is 0 Å². The first-order valence-corrected chi connectivity index (χ1v) is 38.3. The number of halogens is 5. The largest absolute Gasteiger partial charge is 0.422 e. The lowest BCUT2D eigenvalue weighted by Crippen LogP contribution is -2.68. The summed E-state index contributed by atoms with van der Waals surface area (Å²) in [6.07, 6.45) is 1.74. The summed E-state index contributed by atoms with van der Waals surface area (Å²) in [6.45, 7) is 8.02. The standard InChI is InChI=1S/C78H111F5N12O13/c1-13-25-57-68(99)85-66(49(5)14-2)74(105)87(7)47-64(98)89(9)58-28-18-16-23-39-94(73(58)104)60(42-50-31-29-48(4)30-32-50)70(101)86(6)46-62(96)84-56(34-33-51-40-54(79)65(55(80)41-51)78(81,82)83)69(100)95-45-53(108-15-3)43-61(95)71(102)92(12)77(35-24-36-77)76(107)91(11)67(52-26-19-20-27-52)75(106)90(10)59(44-63(97)88(57)8)72(103)93-37-21-17-22-38-93/h16,18,29-32,40-41,49,52-53,56-61,66-67H,13-15,17,19-28,33-39,42-47H2,1-12H3,(H,84,96)(H,85,99)/b18-16-/t49-,53+,56-,57-,58-,59-,60-,61-,66-,67-/m0/s1. The molecule has 25 nitrogen and oxygen atoms in total. The Balaban J connectivity index is 1.23. The number of amides is 12. The molecule has 3 saturated heterocycles. The fourth-order valence-electron chi connectivity index (χ4n) is 16.2. The number of nitrogens with one attached hydrogen (secondary N) is 2. The van der Waals surface area contributed by atoms with Crippen molar-refractivity contribution < 1.29 is 84.2 Å². The van der Waals surface area contributed by atoms with E-state index < -0.39 is 198 Å². The van der Waals surface area contributed by atoms with Crippen LogP contribution in [0.1, 0.15) is 166 Å². The lowest BCUT2D eigenvalue weighted by atomic mass is 9.73. The Morgan fingerprint density at radius 3 is 1.88 bits per heavy atom. The number of carbonyl (C=O) groups is 12. The summed E-state index contributed by atoms with van der Waals surface area (Å²) in [6, 6.07) is -2.79. The Labute approximate surface area is 630 Å². The van der Waals surface area contributed by atoms with E-state index in [1.165, 1.54) is 78.7 Å². The van der Waals surface area contributed by atoms with Gasteiger partial charge < -0.3 is 64.4 Å². The molecule has 30 heteroatoms. The van der Waals surface area contributed by atoms with Crippen LogP contribution in [0.2, 0.25) is 0 Å². The number of hydrogen-bond donors (Lipinski definition) is 2. The summed E-state index contributed by atoms with van der Waals surface area (Å²) < 4.78 is 78.3. The third kappa shape index (κ3) is 19.5. The molecule has 2 aliphatic carbocycles. The molecule has 2 N–H and O–H groups in total. The minimum Gasteiger partial charge on any atom is -0.377 e. The molecule has 2 saturated carbocycles. The van der Waals surface area contributed by atoms with Crippen molar-refractivity contribution >= 4 is 70.9 Å². The third-order valence-corrected chi connectivity index (χ3v) is 23.2. The van der Waals surface area contributed by atoms with Gasteiger partial charge in [0.2, 0.25) is 70.9 Å². The number of hydrogen-bond acceptors (Lipinski definition) is 13. The minimum absolute atomic E-state index is 0.0289. The zero-order chi connectivity index (χ0) is 79.4. The number of piperidine rings is 1. The molecule has 1 spiro atoms. The van der Waals surface area contributed by atoms with Gasteiger partial charge in [-0.1, -0.05) is 88.4 Å². The van der Waals surface area contributed by atoms with E-state index in [-0.39, 0.29) is 70.2 Å². The van der Waals surface area contributed by atoms with Gasteiger partial charge in [-0.3, -0.25) is 57.5 Å². The first-order chi connectivity index (χ1) is 51.1. The molecule has 5 fully saturated rings. The maximum Gasteiger partial charge on any atom is 0.422 e. The smallest absolute Gasteiger partial charge is 0.377 e. The highest BCUT2D eigenvalue weighted by atomic mass is 19.4. The second kappa shape index (κ2) is 37.2. The number of rotatable bonds is 13. The summed E-state index contributed by atoms with van der Waals surface area (Å²) in [5.41, 5.74) is -2.60. The maximum atomic E-state index is 15.8. The number of aryl methyl sites for hydroxylation is 2. The van der Waals surface area contributed by atoms with E-state index in [1.807, 2.05) is 32.9 Å². The highest BCUT2D eigenvalue weighted by Gasteiger charge is 2.57. The van der Waals surface area contributed by atoms with Crippen LogP contribution in [0.15, 0.2) is 48.6 Å². The summed E-state index contributed by atoms with van der Waals surface area (Å²) in [7, 11) is 9.80. The van der Waals surface area contributed by atoms with E-state index in [0.29, 0.717) is 88.6 Å². The molecule has 0 aromatic heterocycles. The predicted octanol–water partition coefficient (Wildman–Crippen LogP) is 6.05. The van der Waals surface area contributed by atoms with E-state index in [4.69, 9.17) is 4.74 Å². The number of fused-ring (bicyclic) bond motifs is 3. The van der Waals surface area contributed by atoms with Crippen LogP contribution in [-0.2, 0) is 81.3 Å². The normalized spacial score (nSPS) is 26.9. The Morgan fingerprint density at radius 1 is 0.648 bits per heavy atom. The first-order valence-electron chi connectivity index (χ1n) is 38.3. The van der Waals surface area contributed by atoms with Crippen molar-refractivity contribution in [2.24, 2.45) is 11.8 Å². The number of likely N-dealkylation sites (tertiary alicyclic amines) is 1. The van der Waals surface area contributed by atoms with E-state index in [0.717, 1.165) is 26.7 Å². The van der Waals surface area contributed by atoms with Crippen molar-refractivity contribution in [3.63, 3.8) is 0 Å². The third-order valence-electron chi connectivity index (χ3n) is 23.2. The fourth-order valence-corrected chi connectivity index (χ4v) is 16.2. The molecule has 4 aliphatic heterocycles. The molecular weight excluding hydrogens is 1410 g/mol. The predicted molar refractivity (Wildman–Crippen MR) is 390 cm³/mol. The van der Waals surface area contributed by atoms with E-state index in [1.54, 1.807) is 43.0 Å². The van der Waals surface area contributed by atoms with Gasteiger partial charge in [-0.2, -0.15) is 13.2 Å². The average Bonchev–Trinajstić information content (AvgIpc) is 1.18. The van der Waals surface area contributed by atoms with Gasteiger partial charge in [-0.05, 0) is 132 Å². The number of benzene rings is 2. The van der Waals surface area contributed by atoms with Crippen molar-refractivity contribution in [1.82, 2.24) is 59.6 Å². The van der Waals surface area contributed by atoms with Gasteiger partial charge in [-0.25, -0.2) is 8.78 Å². The van der Waals surface area contributed by atoms with Crippen molar-refractivity contribution in [2.75, 3.05) is 95.2 Å². The molecule has 12 amide bonds. The molecule has 4 heterocycles. The van der Waals surface area contributed by atoms with Crippen molar-refractivity contribution in [2.45, 2.75) is 229 Å². The highest BCUT2D eigenvalue weighted by Crippen LogP contribution is 2.43. The zero-order valence-corrected chi connectivity index (χ0v) is 64.7. The number of nitrogens with zero attached hydrogens (tertiary/aromatic N) is 10. The Morgan fingerprint density at radius 2 is 1.29 bits per heavy atom. The Kier molecular flexibility index (Phi) is 29.3. The van der Waals surface area contributed by atoms with Crippen molar-refractivity contribution in [1.29, 1.82) is 0 Å². The highest BCUT2D eigenvalue weighted by molar-refractivity contribution is 6.01. The van der Waals surface area contributed by atoms with Gasteiger partial charge in [0, 0.05) is 95.0 Å². The lowest BCUT2D eigenvalue weighted by molar-refractivity contribution is -0.166. The summed E-state index contributed by atoms with van der Waals surface area (Å²) in [4.78, 5) is 196. The molecule has 0 radical (unpaired) electrons. The van der Waals surface area contributed by atoms with Gasteiger partial charge in [-0.15, -0.1) is 0 Å². The second-order valence-corrected chi connectivity index (χ2v) is 30.5. The van der Waals surface area contributed by atoms with Crippen LogP contribution in [0.25, 0.3) is 0 Å². The van der Waals surface area contributed by atoms with Gasteiger partial charge >= 0.3 is 6.18 Å². The van der Waals surface area contributed by atoms with Crippen LogP contribution in [0.5, 0.6) is 0 Å². The van der Waals surface area contributed by atoms with Crippen molar-refractivity contribution in [3.05, 3.63) is 82.4 Å². The second-order valence-electron chi connectivity index (χ2n) is 30.5. The average molecular weight is 1520 g/mol. The van der Waals surface area contributed by atoms with Crippen LogP contribution in [0, 0.1) is 30.4 Å². The summed E-state index contributed by atoms with van der Waals surface area (Å²) in [5, 5.41) is 5.56. The van der Waals surface area contributed by atoms with Crippen LogP contribution in [-0.4, -0.2) is 275 Å². The molecule has 8 rings (SSSR count). The minimum atomic E-state index is -5.41. The lowest BCUT2D eigenvalue weighted by Gasteiger charge is -2.51. The quantitative estimate of drug-likeness (QED) is 0.171. The molecule has 596 valence electrons. The molecule has 10 atom stereocenters. The first kappa shape index (κ1) is 85.0. The molecule has 2 bridgehead atoms. The van der Waals surface area contributed by atoms with E-state index in [2.05, 4.69) is 10.6 Å². The fraction of sp³-hybridized carbons (Fsp3) is 0.667. The van der Waals surface area contributed by atoms with E-state index in [9.17, 15) is 32.3 Å². The topological polar surface area (TPSA) is 271 Å². The molecule has 2 aromatic rings. The van der Waals surface area contributed by atoms with Crippen LogP contribution in [0.4, 0.5) is 22.0 Å². The molecular formula is C78H111F5N12O13. The Hall–Kier alpha value is -8.57. The number of alkyl halides is 3. The van der Waals surface area contributed by atoms with Crippen LogP contribution >= 0.6 is 0 Å². The number of ether oxygens (including phenoxy) is 1. The van der Waals surface area contributed by atoms with Gasteiger partial charge in [0.05, 0.1) is 25.6 Å². The Bertz CT molecular complexity index is 3620. The molecule has 2 aromatic carbocycles. The maximum absolute atomic E-state index is 15.8.